The van der Waals surface area contributed by atoms with E-state index in [-0.39, 0.29) is 6.61 Å². The van der Waals surface area contributed by atoms with Gasteiger partial charge < -0.3 is 14.6 Å². The second kappa shape index (κ2) is 5.69. The van der Waals surface area contributed by atoms with E-state index in [0.717, 1.165) is 12.8 Å². The normalized spacial score (nSPS) is 22.5. The first-order chi connectivity index (χ1) is 6.79. The number of hydrogen-bond donors (Lipinski definition) is 1. The van der Waals surface area contributed by atoms with Crippen LogP contribution in [0.25, 0.3) is 0 Å². The lowest BCUT2D eigenvalue weighted by atomic mass is 9.90. The summed E-state index contributed by atoms with van der Waals surface area (Å²) in [4.78, 5) is 0. The largest absolute Gasteiger partial charge is 0.391 e. The van der Waals surface area contributed by atoms with Crippen molar-refractivity contribution in [3.63, 3.8) is 0 Å². The van der Waals surface area contributed by atoms with Crippen molar-refractivity contribution in [2.24, 2.45) is 5.92 Å². The van der Waals surface area contributed by atoms with Crippen molar-refractivity contribution in [3.05, 3.63) is 0 Å². The first-order valence-electron chi connectivity index (χ1n) is 5.67. The van der Waals surface area contributed by atoms with Gasteiger partial charge in [0.15, 0.2) is 5.79 Å². The number of ether oxygens (including phenoxy) is 2. The lowest BCUT2D eigenvalue weighted by Crippen LogP contribution is -2.42. The first-order valence-corrected chi connectivity index (χ1v) is 5.67. The van der Waals surface area contributed by atoms with Crippen LogP contribution >= 0.6 is 0 Å². The molecule has 3 nitrogen and oxygen atoms in total. The molecular weight excluding hydrogens is 180 g/mol. The minimum atomic E-state index is -0.691. The van der Waals surface area contributed by atoms with Crippen LogP contribution in [0, 0.1) is 5.92 Å². The molecule has 1 aliphatic heterocycles. The molecule has 0 aromatic carbocycles. The maximum Gasteiger partial charge on any atom is 0.194 e. The van der Waals surface area contributed by atoms with Crippen molar-refractivity contribution in [1.82, 2.24) is 0 Å². The first kappa shape index (κ1) is 12.0. The van der Waals surface area contributed by atoms with Crippen LogP contribution in [0.2, 0.25) is 0 Å². The van der Waals surface area contributed by atoms with Gasteiger partial charge in [-0.3, -0.25) is 0 Å². The summed E-state index contributed by atoms with van der Waals surface area (Å²) in [7, 11) is 0. The number of unbranched alkanes of at least 4 members (excludes halogenated alkanes) is 1. The smallest absolute Gasteiger partial charge is 0.194 e. The Morgan fingerprint density at radius 3 is 2.36 bits per heavy atom. The second-order valence-electron chi connectivity index (χ2n) is 3.91. The van der Waals surface area contributed by atoms with Crippen LogP contribution in [-0.2, 0) is 9.47 Å². The van der Waals surface area contributed by atoms with Gasteiger partial charge in [0.25, 0.3) is 0 Å². The predicted octanol–water partition coefficient (Wildman–Crippen LogP) is 1.94. The SMILES string of the molecule is CCCCC(CC)C1(CO)OCCO1. The Morgan fingerprint density at radius 2 is 1.93 bits per heavy atom. The number of hydrogen-bond acceptors (Lipinski definition) is 3. The van der Waals surface area contributed by atoms with Crippen LogP contribution in [0.5, 0.6) is 0 Å². The average molecular weight is 202 g/mol. The highest BCUT2D eigenvalue weighted by Gasteiger charge is 2.42. The van der Waals surface area contributed by atoms with Gasteiger partial charge in [0.1, 0.15) is 0 Å². The van der Waals surface area contributed by atoms with Crippen molar-refractivity contribution < 1.29 is 14.6 Å². The molecular formula is C11H22O3. The molecule has 0 radical (unpaired) electrons. The topological polar surface area (TPSA) is 38.7 Å². The number of aliphatic hydroxyl groups is 1. The molecule has 14 heavy (non-hydrogen) atoms. The second-order valence-corrected chi connectivity index (χ2v) is 3.91. The van der Waals surface area contributed by atoms with Crippen LogP contribution in [0.3, 0.4) is 0 Å². The van der Waals surface area contributed by atoms with Gasteiger partial charge in [-0.1, -0.05) is 26.7 Å². The predicted molar refractivity (Wildman–Crippen MR) is 55.0 cm³/mol. The molecule has 0 bridgehead atoms. The third kappa shape index (κ3) is 2.47. The highest BCUT2D eigenvalue weighted by molar-refractivity contribution is 4.81. The summed E-state index contributed by atoms with van der Waals surface area (Å²) in [5.41, 5.74) is 0. The van der Waals surface area contributed by atoms with E-state index < -0.39 is 5.79 Å². The average Bonchev–Trinajstić information content (AvgIpc) is 2.69. The molecule has 0 aromatic rings. The molecule has 0 amide bonds. The van der Waals surface area contributed by atoms with E-state index in [9.17, 15) is 5.11 Å². The van der Waals surface area contributed by atoms with Crippen LogP contribution < -0.4 is 0 Å². The number of rotatable bonds is 6. The molecule has 0 spiro atoms. The zero-order chi connectivity index (χ0) is 10.4. The van der Waals surface area contributed by atoms with Crippen molar-refractivity contribution in [3.8, 4) is 0 Å². The van der Waals surface area contributed by atoms with Gasteiger partial charge in [-0.15, -0.1) is 0 Å². The zero-order valence-corrected chi connectivity index (χ0v) is 9.29. The van der Waals surface area contributed by atoms with E-state index in [1.165, 1.54) is 12.8 Å². The molecule has 3 heteroatoms. The minimum Gasteiger partial charge on any atom is -0.391 e. The summed E-state index contributed by atoms with van der Waals surface area (Å²) in [6.07, 6.45) is 4.43. The van der Waals surface area contributed by atoms with Crippen molar-refractivity contribution in [1.29, 1.82) is 0 Å². The van der Waals surface area contributed by atoms with Gasteiger partial charge in [-0.05, 0) is 12.8 Å². The monoisotopic (exact) mass is 202 g/mol. The fourth-order valence-corrected chi connectivity index (χ4v) is 2.11. The molecule has 1 unspecified atom stereocenters. The third-order valence-corrected chi connectivity index (χ3v) is 3.02. The summed E-state index contributed by atoms with van der Waals surface area (Å²) in [5, 5.41) is 9.37. The summed E-state index contributed by atoms with van der Waals surface area (Å²) in [6.45, 7) is 5.51. The quantitative estimate of drug-likeness (QED) is 0.715. The van der Waals surface area contributed by atoms with E-state index in [1.54, 1.807) is 0 Å². The molecule has 1 saturated heterocycles. The van der Waals surface area contributed by atoms with Gasteiger partial charge in [0, 0.05) is 5.92 Å². The van der Waals surface area contributed by atoms with Crippen molar-refractivity contribution in [2.45, 2.75) is 45.3 Å². The molecule has 1 rings (SSSR count). The van der Waals surface area contributed by atoms with E-state index in [4.69, 9.17) is 9.47 Å². The maximum atomic E-state index is 9.37. The van der Waals surface area contributed by atoms with Crippen LogP contribution in [0.4, 0.5) is 0 Å². The van der Waals surface area contributed by atoms with Crippen molar-refractivity contribution in [2.75, 3.05) is 19.8 Å². The van der Waals surface area contributed by atoms with E-state index in [0.29, 0.717) is 19.1 Å². The highest BCUT2D eigenvalue weighted by atomic mass is 16.7. The van der Waals surface area contributed by atoms with Gasteiger partial charge in [-0.25, -0.2) is 0 Å². The summed E-state index contributed by atoms with van der Waals surface area (Å²) in [5.74, 6) is -0.362. The Labute approximate surface area is 86.4 Å². The molecule has 0 aromatic heterocycles. The Kier molecular flexibility index (Phi) is 4.85. The molecule has 1 fully saturated rings. The molecule has 1 heterocycles. The van der Waals surface area contributed by atoms with Gasteiger partial charge in [-0.2, -0.15) is 0 Å². The number of aliphatic hydroxyl groups excluding tert-OH is 1. The maximum absolute atomic E-state index is 9.37. The fraction of sp³-hybridized carbons (Fsp3) is 1.00. The van der Waals surface area contributed by atoms with Gasteiger partial charge in [0.2, 0.25) is 0 Å². The van der Waals surface area contributed by atoms with E-state index >= 15 is 0 Å². The zero-order valence-electron chi connectivity index (χ0n) is 9.29. The van der Waals surface area contributed by atoms with E-state index in [2.05, 4.69) is 13.8 Å². The van der Waals surface area contributed by atoms with Gasteiger partial charge in [0.05, 0.1) is 19.8 Å². The molecule has 84 valence electrons. The van der Waals surface area contributed by atoms with Gasteiger partial charge >= 0.3 is 0 Å². The molecule has 1 atom stereocenters. The molecule has 0 saturated carbocycles. The Hall–Kier alpha value is -0.120. The fourth-order valence-electron chi connectivity index (χ4n) is 2.11. The Bertz CT molecular complexity index is 153. The van der Waals surface area contributed by atoms with Crippen LogP contribution in [-0.4, -0.2) is 30.7 Å². The minimum absolute atomic E-state index is 0.0186. The lowest BCUT2D eigenvalue weighted by molar-refractivity contribution is -0.219. The lowest BCUT2D eigenvalue weighted by Gasteiger charge is -2.33. The van der Waals surface area contributed by atoms with E-state index in [1.807, 2.05) is 0 Å². The third-order valence-electron chi connectivity index (χ3n) is 3.02. The summed E-state index contributed by atoms with van der Waals surface area (Å²) < 4.78 is 11.1. The highest BCUT2D eigenvalue weighted by Crippen LogP contribution is 2.33. The Morgan fingerprint density at radius 1 is 1.29 bits per heavy atom. The summed E-state index contributed by atoms with van der Waals surface area (Å²) >= 11 is 0. The standard InChI is InChI=1S/C11H22O3/c1-3-5-6-10(4-2)11(9-12)13-7-8-14-11/h10,12H,3-9H2,1-2H3. The van der Waals surface area contributed by atoms with Crippen LogP contribution in [0.15, 0.2) is 0 Å². The van der Waals surface area contributed by atoms with Crippen LogP contribution in [0.1, 0.15) is 39.5 Å². The molecule has 1 aliphatic rings. The molecule has 1 N–H and O–H groups in total. The van der Waals surface area contributed by atoms with Crippen molar-refractivity contribution >= 4 is 0 Å². The summed E-state index contributed by atoms with van der Waals surface area (Å²) in [6, 6.07) is 0. The molecule has 0 aliphatic carbocycles. The Balaban J connectivity index is 2.54.